The Morgan fingerprint density at radius 3 is 1.17 bits per heavy atom. The quantitative estimate of drug-likeness (QED) is 0.0885. The lowest BCUT2D eigenvalue weighted by Crippen LogP contribution is -2.10. The van der Waals surface area contributed by atoms with Crippen molar-refractivity contribution >= 4 is 91.5 Å². The molecule has 0 atom stereocenters. The van der Waals surface area contributed by atoms with Gasteiger partial charge in [0, 0.05) is 77.6 Å². The van der Waals surface area contributed by atoms with Gasteiger partial charge in [0.2, 0.25) is 0 Å². The Bertz CT molecular complexity index is 3240. The third-order valence-electron chi connectivity index (χ3n) is 12.6. The molecular weight excluding hydrogens is 937 g/mol. The second-order valence-electron chi connectivity index (χ2n) is 17.4. The highest BCUT2D eigenvalue weighted by molar-refractivity contribution is 7.19. The van der Waals surface area contributed by atoms with Crippen LogP contribution in [0.1, 0.15) is 35.1 Å². The van der Waals surface area contributed by atoms with Crippen molar-refractivity contribution in [2.24, 2.45) is 0 Å². The van der Waals surface area contributed by atoms with Gasteiger partial charge in [0.25, 0.3) is 0 Å². The molecule has 71 heavy (non-hydrogen) atoms. The predicted molar refractivity (Wildman–Crippen MR) is 294 cm³/mol. The van der Waals surface area contributed by atoms with E-state index in [9.17, 15) is 9.59 Å². The number of hydrogen-bond donors (Lipinski definition) is 0. The summed E-state index contributed by atoms with van der Waals surface area (Å²) in [5, 5.41) is 0. The highest BCUT2D eigenvalue weighted by Crippen LogP contribution is 2.44. The van der Waals surface area contributed by atoms with Crippen LogP contribution in [0.15, 0.2) is 182 Å². The average Bonchev–Trinajstić information content (AvgIpc) is 4.22. The molecule has 8 nitrogen and oxygen atoms in total. The first kappa shape index (κ1) is 47.0. The number of methoxy groups -OCH3 is 2. The van der Waals surface area contributed by atoms with Crippen LogP contribution in [0, 0.1) is 13.8 Å². The molecule has 0 N–H and O–H groups in total. The van der Waals surface area contributed by atoms with Gasteiger partial charge in [-0.2, -0.15) is 8.75 Å². The molecular formula is C60H50N4O4S3. The zero-order chi connectivity index (χ0) is 48.8. The minimum Gasteiger partial charge on any atom is -0.469 e. The maximum atomic E-state index is 11.8. The van der Waals surface area contributed by atoms with Crippen LogP contribution in [0.5, 0.6) is 0 Å². The largest absolute Gasteiger partial charge is 0.469 e. The number of hydrogen-bond acceptors (Lipinski definition) is 11. The Labute approximate surface area is 426 Å². The summed E-state index contributed by atoms with van der Waals surface area (Å²) in [6, 6.07) is 64.5. The van der Waals surface area contributed by atoms with Gasteiger partial charge in [-0.3, -0.25) is 9.59 Å². The van der Waals surface area contributed by atoms with Crippen LogP contribution in [-0.4, -0.2) is 34.9 Å². The maximum Gasteiger partial charge on any atom is 0.305 e. The number of rotatable bonds is 16. The molecule has 0 aliphatic heterocycles. The molecule has 0 radical (unpaired) electrons. The minimum atomic E-state index is -0.207. The normalized spacial score (nSPS) is 11.2. The molecule has 0 spiro atoms. The fourth-order valence-corrected chi connectivity index (χ4v) is 11.5. The van der Waals surface area contributed by atoms with Crippen LogP contribution in [-0.2, 0) is 31.9 Å². The van der Waals surface area contributed by atoms with Crippen LogP contribution in [0.3, 0.4) is 0 Å². The number of aryl methyl sites for hydroxylation is 4. The first-order valence-electron chi connectivity index (χ1n) is 23.4. The topological polar surface area (TPSA) is 84.9 Å². The number of esters is 2. The summed E-state index contributed by atoms with van der Waals surface area (Å²) in [7, 11) is 2.85. The maximum absolute atomic E-state index is 11.8. The molecule has 10 aromatic rings. The van der Waals surface area contributed by atoms with Gasteiger partial charge < -0.3 is 19.3 Å². The summed E-state index contributed by atoms with van der Waals surface area (Å²) in [6.45, 7) is 4.22. The molecule has 0 saturated carbocycles. The van der Waals surface area contributed by atoms with E-state index < -0.39 is 0 Å². The van der Waals surface area contributed by atoms with Crippen molar-refractivity contribution in [3.63, 3.8) is 0 Å². The van der Waals surface area contributed by atoms with Crippen LogP contribution < -0.4 is 9.80 Å². The van der Waals surface area contributed by atoms with Crippen molar-refractivity contribution in [3.8, 4) is 41.8 Å². The monoisotopic (exact) mass is 986 g/mol. The van der Waals surface area contributed by atoms with Crippen molar-refractivity contribution < 1.29 is 19.1 Å². The zero-order valence-electron chi connectivity index (χ0n) is 39.8. The van der Waals surface area contributed by atoms with Crippen molar-refractivity contribution in [3.05, 3.63) is 204 Å². The van der Waals surface area contributed by atoms with Crippen molar-refractivity contribution in [1.82, 2.24) is 8.75 Å². The zero-order valence-corrected chi connectivity index (χ0v) is 42.2. The fourth-order valence-electron chi connectivity index (χ4n) is 8.84. The van der Waals surface area contributed by atoms with E-state index in [2.05, 4.69) is 206 Å². The summed E-state index contributed by atoms with van der Waals surface area (Å²) in [5.41, 5.74) is 17.1. The number of ether oxygens (including phenoxy) is 2. The number of benzene rings is 7. The van der Waals surface area contributed by atoms with E-state index in [1.54, 1.807) is 22.7 Å². The molecule has 10 rings (SSSR count). The Hall–Kier alpha value is -7.70. The molecule has 0 amide bonds. The van der Waals surface area contributed by atoms with Gasteiger partial charge >= 0.3 is 11.9 Å². The number of carbonyl (C=O) groups excluding carboxylic acids is 2. The Balaban J connectivity index is 0.871. The molecule has 3 heterocycles. The van der Waals surface area contributed by atoms with Crippen LogP contribution in [0.25, 0.3) is 52.8 Å². The SMILES string of the molecule is COC(=O)CCc1ccc(N(c2ccc(-c3ccc(-c4ccc(-c5ccc(-c6ccc(N(c7ccc(CCC(=O)OC)cc7)c7cccc(C)c7)cc6)s5)c5nsnc45)s3)cc2)c2cccc(C)c2)cc1. The van der Waals surface area contributed by atoms with Crippen molar-refractivity contribution in [2.75, 3.05) is 24.0 Å². The smallest absolute Gasteiger partial charge is 0.305 e. The molecule has 11 heteroatoms. The number of fused-ring (bicyclic) bond motifs is 1. The highest BCUT2D eigenvalue weighted by Gasteiger charge is 2.19. The number of carbonyl (C=O) groups is 2. The third kappa shape index (κ3) is 10.4. The van der Waals surface area contributed by atoms with Gasteiger partial charge in [0.1, 0.15) is 11.0 Å². The van der Waals surface area contributed by atoms with Gasteiger partial charge in [-0.15, -0.1) is 22.7 Å². The van der Waals surface area contributed by atoms with E-state index in [0.29, 0.717) is 25.7 Å². The Morgan fingerprint density at radius 2 is 0.803 bits per heavy atom. The van der Waals surface area contributed by atoms with Gasteiger partial charge in [-0.05, 0) is 157 Å². The summed E-state index contributed by atoms with van der Waals surface area (Å²) in [4.78, 5) is 32.7. The number of anilines is 6. The Kier molecular flexibility index (Phi) is 14.0. The third-order valence-corrected chi connectivity index (χ3v) is 15.4. The van der Waals surface area contributed by atoms with Crippen LogP contribution in [0.2, 0.25) is 0 Å². The molecule has 0 aliphatic carbocycles. The molecule has 0 bridgehead atoms. The summed E-state index contributed by atoms with van der Waals surface area (Å²) in [5.74, 6) is -0.413. The van der Waals surface area contributed by atoms with E-state index >= 15 is 0 Å². The fraction of sp³-hybridized carbons (Fsp3) is 0.133. The molecule has 0 fully saturated rings. The number of aromatic nitrogens is 2. The molecule has 0 aliphatic rings. The lowest BCUT2D eigenvalue weighted by molar-refractivity contribution is -0.141. The van der Waals surface area contributed by atoms with Crippen molar-refractivity contribution in [1.29, 1.82) is 0 Å². The van der Waals surface area contributed by atoms with Gasteiger partial charge in [-0.1, -0.05) is 84.9 Å². The molecule has 0 unspecified atom stereocenters. The second-order valence-corrected chi connectivity index (χ2v) is 20.1. The van der Waals surface area contributed by atoms with E-state index in [0.717, 1.165) is 88.3 Å². The highest BCUT2D eigenvalue weighted by atomic mass is 32.1. The predicted octanol–water partition coefficient (Wildman–Crippen LogP) is 16.2. The Morgan fingerprint density at radius 1 is 0.437 bits per heavy atom. The lowest BCUT2D eigenvalue weighted by Gasteiger charge is -2.26. The van der Waals surface area contributed by atoms with Crippen LogP contribution in [0.4, 0.5) is 34.1 Å². The number of thiophene rings is 2. The van der Waals surface area contributed by atoms with E-state index in [-0.39, 0.29) is 11.9 Å². The van der Waals surface area contributed by atoms with Gasteiger partial charge in [-0.25, -0.2) is 0 Å². The van der Waals surface area contributed by atoms with E-state index in [1.165, 1.54) is 46.8 Å². The lowest BCUT2D eigenvalue weighted by atomic mass is 10.1. The molecule has 352 valence electrons. The van der Waals surface area contributed by atoms with E-state index in [1.807, 2.05) is 0 Å². The van der Waals surface area contributed by atoms with Gasteiger partial charge in [0.05, 0.1) is 25.9 Å². The summed E-state index contributed by atoms with van der Waals surface area (Å²) in [6.07, 6.45) is 1.97. The van der Waals surface area contributed by atoms with Crippen LogP contribution >= 0.6 is 34.4 Å². The average molecular weight is 987 g/mol. The van der Waals surface area contributed by atoms with E-state index in [4.69, 9.17) is 18.2 Å². The van der Waals surface area contributed by atoms with Crippen molar-refractivity contribution in [2.45, 2.75) is 39.5 Å². The minimum absolute atomic E-state index is 0.207. The first-order valence-corrected chi connectivity index (χ1v) is 25.8. The number of nitrogens with zero attached hydrogens (tertiary/aromatic N) is 4. The second kappa shape index (κ2) is 21.1. The first-order chi connectivity index (χ1) is 34.7. The standard InChI is InChI=1S/C60H50N4O4S3/c1-39-7-5-9-49(37-39)63(45-21-11-41(12-22-45)15-35-57(65)67-3)47-25-17-43(18-26-47)53-31-33-55(69-53)51-29-30-52(60-59(51)61-71-62-60)56-34-32-54(70-56)44-19-27-48(28-20-44)64(50-10-6-8-40(2)38-50)46-23-13-42(14-24-46)16-36-58(66)68-4/h5-14,17-34,37-38H,15-16,35-36H2,1-4H3. The molecule has 0 saturated heterocycles. The summed E-state index contributed by atoms with van der Waals surface area (Å²) < 4.78 is 19.4. The van der Waals surface area contributed by atoms with Gasteiger partial charge in [0.15, 0.2) is 0 Å². The summed E-state index contributed by atoms with van der Waals surface area (Å²) >= 11 is 4.77. The molecule has 7 aromatic carbocycles. The molecule has 3 aromatic heterocycles.